The number of fused-ring (bicyclic) bond motifs is 2. The van der Waals surface area contributed by atoms with Gasteiger partial charge in [-0.25, -0.2) is 9.97 Å². The quantitative estimate of drug-likeness (QED) is 0.531. The van der Waals surface area contributed by atoms with Crippen LogP contribution in [-0.2, 0) is 0 Å². The monoisotopic (exact) mass is 497 g/mol. The maximum Gasteiger partial charge on any atom is 0.280 e. The van der Waals surface area contributed by atoms with Crippen molar-refractivity contribution in [3.8, 4) is 10.4 Å². The van der Waals surface area contributed by atoms with Crippen molar-refractivity contribution in [3.05, 3.63) is 28.5 Å². The Morgan fingerprint density at radius 3 is 2.51 bits per heavy atom. The van der Waals surface area contributed by atoms with Crippen LogP contribution in [0.1, 0.15) is 91.1 Å². The number of aliphatic hydroxyl groups is 1. The highest BCUT2D eigenvalue weighted by Gasteiger charge is 2.44. The van der Waals surface area contributed by atoms with Crippen molar-refractivity contribution in [2.75, 3.05) is 5.32 Å². The molecular weight excluding hydrogens is 462 g/mol. The number of aryl methyl sites for hydroxylation is 1. The van der Waals surface area contributed by atoms with Gasteiger partial charge in [-0.2, -0.15) is 0 Å². The van der Waals surface area contributed by atoms with E-state index in [0.717, 1.165) is 61.9 Å². The molecule has 0 aromatic carbocycles. The van der Waals surface area contributed by atoms with E-state index in [4.69, 9.17) is 0 Å². The molecule has 35 heavy (non-hydrogen) atoms. The maximum absolute atomic E-state index is 13.8. The third-order valence-corrected chi connectivity index (χ3v) is 8.96. The van der Waals surface area contributed by atoms with Gasteiger partial charge in [-0.1, -0.05) is 6.92 Å². The molecule has 9 heteroatoms. The second kappa shape index (κ2) is 9.85. The van der Waals surface area contributed by atoms with E-state index in [2.05, 4.69) is 34.4 Å². The van der Waals surface area contributed by atoms with Gasteiger partial charge < -0.3 is 20.6 Å². The highest BCUT2D eigenvalue weighted by Crippen LogP contribution is 2.41. The number of carbonyl (C=O) groups is 2. The van der Waals surface area contributed by atoms with Gasteiger partial charge in [-0.3, -0.25) is 9.59 Å². The van der Waals surface area contributed by atoms with Gasteiger partial charge in [0.2, 0.25) is 0 Å². The molecule has 2 amide bonds. The van der Waals surface area contributed by atoms with Crippen molar-refractivity contribution in [2.45, 2.75) is 102 Å². The van der Waals surface area contributed by atoms with Crippen LogP contribution in [0.4, 0.5) is 5.82 Å². The molecule has 2 aromatic rings. The molecule has 188 valence electrons. The van der Waals surface area contributed by atoms with Crippen molar-refractivity contribution in [2.24, 2.45) is 0 Å². The summed E-state index contributed by atoms with van der Waals surface area (Å²) in [4.78, 5) is 38.8. The Kier molecular flexibility index (Phi) is 6.81. The lowest BCUT2D eigenvalue weighted by molar-refractivity contribution is 0.0725. The minimum Gasteiger partial charge on any atom is -0.391 e. The van der Waals surface area contributed by atoms with Crippen LogP contribution in [0.2, 0.25) is 0 Å². The Morgan fingerprint density at radius 1 is 1.20 bits per heavy atom. The van der Waals surface area contributed by atoms with E-state index < -0.39 is 6.10 Å². The SMILES string of the molecule is CC[C@@H](C)Nc1cc(C)c(-c2sc(C(=O)N[C@@H]3CCC[C@H]3O)nc2C(=O)N2C3CCC2CC3)cn1. The molecular formula is C26H35N5O3S. The third kappa shape index (κ3) is 4.68. The Labute approximate surface area is 210 Å². The lowest BCUT2D eigenvalue weighted by atomic mass is 10.0. The van der Waals surface area contributed by atoms with Crippen molar-refractivity contribution >= 4 is 29.0 Å². The van der Waals surface area contributed by atoms with Crippen LogP contribution in [0.25, 0.3) is 10.4 Å². The van der Waals surface area contributed by atoms with Crippen molar-refractivity contribution in [1.82, 2.24) is 20.2 Å². The van der Waals surface area contributed by atoms with E-state index in [-0.39, 0.29) is 34.9 Å². The number of pyridine rings is 1. The van der Waals surface area contributed by atoms with E-state index in [1.807, 2.05) is 17.9 Å². The summed E-state index contributed by atoms with van der Waals surface area (Å²) in [6, 6.07) is 2.57. The zero-order valence-corrected chi connectivity index (χ0v) is 21.5. The molecule has 3 atom stereocenters. The predicted molar refractivity (Wildman–Crippen MR) is 137 cm³/mol. The van der Waals surface area contributed by atoms with Gasteiger partial charge in [-0.05, 0) is 76.8 Å². The summed E-state index contributed by atoms with van der Waals surface area (Å²) in [7, 11) is 0. The molecule has 0 spiro atoms. The topological polar surface area (TPSA) is 107 Å². The Bertz CT molecular complexity index is 1100. The highest BCUT2D eigenvalue weighted by molar-refractivity contribution is 7.17. The number of amides is 2. The summed E-state index contributed by atoms with van der Waals surface area (Å²) in [6.45, 7) is 6.24. The zero-order chi connectivity index (χ0) is 24.7. The number of nitrogens with zero attached hydrogens (tertiary/aromatic N) is 3. The summed E-state index contributed by atoms with van der Waals surface area (Å²) in [6.07, 6.45) is 8.74. The summed E-state index contributed by atoms with van der Waals surface area (Å²) >= 11 is 1.24. The lowest BCUT2D eigenvalue weighted by Crippen LogP contribution is -2.40. The van der Waals surface area contributed by atoms with Crippen LogP contribution in [0.15, 0.2) is 12.3 Å². The first-order valence-corrected chi connectivity index (χ1v) is 13.7. The molecule has 3 N–H and O–H groups in total. The molecule has 2 saturated heterocycles. The number of nitrogens with one attached hydrogen (secondary N) is 2. The summed E-state index contributed by atoms with van der Waals surface area (Å²) in [5, 5.41) is 16.7. The molecule has 2 aromatic heterocycles. The van der Waals surface area contributed by atoms with Crippen molar-refractivity contribution in [1.29, 1.82) is 0 Å². The fraction of sp³-hybridized carbons (Fsp3) is 0.615. The second-order valence-electron chi connectivity index (χ2n) is 10.3. The first-order chi connectivity index (χ1) is 16.9. The molecule has 4 heterocycles. The number of aromatic nitrogens is 2. The smallest absolute Gasteiger partial charge is 0.280 e. The molecule has 1 aliphatic carbocycles. The normalized spacial score (nSPS) is 26.2. The van der Waals surface area contributed by atoms with Crippen LogP contribution < -0.4 is 10.6 Å². The fourth-order valence-corrected chi connectivity index (χ4v) is 6.71. The minimum absolute atomic E-state index is 0.0811. The Balaban J connectivity index is 1.49. The summed E-state index contributed by atoms with van der Waals surface area (Å²) in [5.74, 6) is 0.387. The molecule has 8 nitrogen and oxygen atoms in total. The molecule has 3 aliphatic rings. The van der Waals surface area contributed by atoms with E-state index in [0.29, 0.717) is 23.0 Å². The number of carbonyl (C=O) groups excluding carboxylic acids is 2. The van der Waals surface area contributed by atoms with E-state index in [1.165, 1.54) is 11.3 Å². The average molecular weight is 498 g/mol. The summed E-state index contributed by atoms with van der Waals surface area (Å²) in [5.41, 5.74) is 2.15. The maximum atomic E-state index is 13.8. The molecule has 1 saturated carbocycles. The number of thiazole rings is 1. The first-order valence-electron chi connectivity index (χ1n) is 12.9. The van der Waals surface area contributed by atoms with Gasteiger partial charge in [0.1, 0.15) is 11.5 Å². The van der Waals surface area contributed by atoms with E-state index in [1.54, 1.807) is 6.20 Å². The molecule has 3 fully saturated rings. The largest absolute Gasteiger partial charge is 0.391 e. The van der Waals surface area contributed by atoms with Crippen molar-refractivity contribution < 1.29 is 14.7 Å². The standard InChI is InChI=1S/C26H35N5O3S/c1-4-15(3)28-21-12-14(2)18(13-27-21)23-22(26(34)31-16-8-9-17(31)11-10-16)30-25(35-23)24(33)29-19-6-5-7-20(19)32/h12-13,15-17,19-20,32H,4-11H2,1-3H3,(H,27,28)(H,29,33)/t15-,16?,17?,19-,20-/m1/s1. The predicted octanol–water partition coefficient (Wildman–Crippen LogP) is 4.13. The van der Waals surface area contributed by atoms with Gasteiger partial charge in [0.15, 0.2) is 5.01 Å². The first kappa shape index (κ1) is 24.2. The molecule has 2 bridgehead atoms. The number of rotatable bonds is 7. The third-order valence-electron chi connectivity index (χ3n) is 7.87. The molecule has 0 radical (unpaired) electrons. The number of hydrogen-bond donors (Lipinski definition) is 3. The van der Waals surface area contributed by atoms with E-state index in [9.17, 15) is 14.7 Å². The lowest BCUT2D eigenvalue weighted by Gasteiger charge is -2.21. The van der Waals surface area contributed by atoms with Crippen LogP contribution >= 0.6 is 11.3 Å². The molecule has 5 rings (SSSR count). The number of hydrogen-bond acceptors (Lipinski definition) is 7. The average Bonchev–Trinajstić information content (AvgIpc) is 3.63. The number of aliphatic hydroxyl groups excluding tert-OH is 1. The molecule has 2 aliphatic heterocycles. The van der Waals surface area contributed by atoms with Crippen LogP contribution in [0, 0.1) is 6.92 Å². The minimum atomic E-state index is -0.531. The fourth-order valence-electron chi connectivity index (χ4n) is 5.68. The second-order valence-corrected chi connectivity index (χ2v) is 11.3. The Hall–Kier alpha value is -2.52. The molecule has 0 unspecified atom stereocenters. The van der Waals surface area contributed by atoms with Gasteiger partial charge in [0, 0.05) is 29.9 Å². The van der Waals surface area contributed by atoms with Gasteiger partial charge >= 0.3 is 0 Å². The Morgan fingerprint density at radius 2 is 1.91 bits per heavy atom. The van der Waals surface area contributed by atoms with Gasteiger partial charge in [-0.15, -0.1) is 11.3 Å². The number of anilines is 1. The van der Waals surface area contributed by atoms with Crippen molar-refractivity contribution in [3.63, 3.8) is 0 Å². The van der Waals surface area contributed by atoms with Gasteiger partial charge in [0.05, 0.1) is 17.0 Å². The summed E-state index contributed by atoms with van der Waals surface area (Å²) < 4.78 is 0. The van der Waals surface area contributed by atoms with Crippen LogP contribution in [0.5, 0.6) is 0 Å². The highest BCUT2D eigenvalue weighted by atomic mass is 32.1. The van der Waals surface area contributed by atoms with E-state index >= 15 is 0 Å². The van der Waals surface area contributed by atoms with Crippen LogP contribution in [-0.4, -0.2) is 62.1 Å². The van der Waals surface area contributed by atoms with Crippen LogP contribution in [0.3, 0.4) is 0 Å². The zero-order valence-electron chi connectivity index (χ0n) is 20.7. The van der Waals surface area contributed by atoms with Gasteiger partial charge in [0.25, 0.3) is 11.8 Å².